The van der Waals surface area contributed by atoms with E-state index in [1.165, 1.54) is 37.2 Å². The van der Waals surface area contributed by atoms with Crippen LogP contribution in [0.4, 0.5) is 5.69 Å². The fraction of sp³-hybridized carbons (Fsp3) is 0.571. The Morgan fingerprint density at radius 3 is 2.31 bits per heavy atom. The summed E-state index contributed by atoms with van der Waals surface area (Å²) < 4.78 is 0. The summed E-state index contributed by atoms with van der Waals surface area (Å²) in [6.45, 7) is 6.91. The van der Waals surface area contributed by atoms with Gasteiger partial charge in [0.05, 0.1) is 0 Å². The third-order valence-electron chi connectivity index (χ3n) is 3.46. The Morgan fingerprint density at radius 2 is 1.75 bits per heavy atom. The molecular weight excluding hydrogens is 196 g/mol. The zero-order valence-electron chi connectivity index (χ0n) is 10.4. The molecule has 16 heavy (non-hydrogen) atoms. The largest absolute Gasteiger partial charge is 0.375 e. The van der Waals surface area contributed by atoms with Crippen LogP contribution in [-0.4, -0.2) is 31.6 Å². The van der Waals surface area contributed by atoms with Gasteiger partial charge in [-0.05, 0) is 50.6 Å². The topological polar surface area (TPSA) is 6.48 Å². The first kappa shape index (κ1) is 11.5. The van der Waals surface area contributed by atoms with Crippen molar-refractivity contribution in [2.45, 2.75) is 26.3 Å². The van der Waals surface area contributed by atoms with Crippen LogP contribution in [0.2, 0.25) is 0 Å². The van der Waals surface area contributed by atoms with Crippen LogP contribution in [0.3, 0.4) is 0 Å². The van der Waals surface area contributed by atoms with Gasteiger partial charge in [-0.2, -0.15) is 0 Å². The van der Waals surface area contributed by atoms with Gasteiger partial charge >= 0.3 is 0 Å². The first-order chi connectivity index (χ1) is 7.79. The zero-order chi connectivity index (χ0) is 11.4. The van der Waals surface area contributed by atoms with E-state index in [4.69, 9.17) is 0 Å². The number of hydrogen-bond donors (Lipinski definition) is 0. The highest BCUT2D eigenvalue weighted by atomic mass is 15.1. The van der Waals surface area contributed by atoms with E-state index in [2.05, 4.69) is 48.0 Å². The summed E-state index contributed by atoms with van der Waals surface area (Å²) in [5, 5.41) is 0. The molecule has 0 aliphatic carbocycles. The molecule has 2 nitrogen and oxygen atoms in total. The minimum absolute atomic E-state index is 1.06. The summed E-state index contributed by atoms with van der Waals surface area (Å²) in [6, 6.07) is 8.99. The minimum atomic E-state index is 1.06. The van der Waals surface area contributed by atoms with Gasteiger partial charge in [-0.1, -0.05) is 12.1 Å². The SMILES string of the molecule is CCN(C)c1ccc(CN2CCCC2)cc1. The number of likely N-dealkylation sites (tertiary alicyclic amines) is 1. The van der Waals surface area contributed by atoms with E-state index in [1.807, 2.05) is 0 Å². The van der Waals surface area contributed by atoms with E-state index < -0.39 is 0 Å². The average Bonchev–Trinajstić information content (AvgIpc) is 2.82. The van der Waals surface area contributed by atoms with Crippen molar-refractivity contribution in [3.63, 3.8) is 0 Å². The molecule has 0 amide bonds. The Bertz CT molecular complexity index is 312. The molecule has 0 unspecified atom stereocenters. The maximum absolute atomic E-state index is 2.54. The second kappa shape index (κ2) is 5.35. The summed E-state index contributed by atoms with van der Waals surface area (Å²) in [7, 11) is 2.13. The summed E-state index contributed by atoms with van der Waals surface area (Å²) in [6.07, 6.45) is 2.74. The van der Waals surface area contributed by atoms with E-state index in [-0.39, 0.29) is 0 Å². The van der Waals surface area contributed by atoms with E-state index in [9.17, 15) is 0 Å². The van der Waals surface area contributed by atoms with Crippen LogP contribution in [-0.2, 0) is 6.54 Å². The number of rotatable bonds is 4. The molecule has 1 aromatic carbocycles. The summed E-state index contributed by atoms with van der Waals surface area (Å²) in [5.41, 5.74) is 2.75. The molecule has 0 N–H and O–H groups in total. The van der Waals surface area contributed by atoms with Crippen LogP contribution >= 0.6 is 0 Å². The van der Waals surface area contributed by atoms with Gasteiger partial charge in [0, 0.05) is 25.8 Å². The molecular formula is C14H22N2. The molecule has 1 aliphatic rings. The van der Waals surface area contributed by atoms with Crippen LogP contribution in [0.15, 0.2) is 24.3 Å². The van der Waals surface area contributed by atoms with Gasteiger partial charge in [-0.3, -0.25) is 4.90 Å². The Morgan fingerprint density at radius 1 is 1.12 bits per heavy atom. The number of benzene rings is 1. The number of anilines is 1. The summed E-state index contributed by atoms with van der Waals surface area (Å²) in [5.74, 6) is 0. The molecule has 2 heteroatoms. The van der Waals surface area contributed by atoms with Crippen molar-refractivity contribution in [1.29, 1.82) is 0 Å². The van der Waals surface area contributed by atoms with Gasteiger partial charge in [0.15, 0.2) is 0 Å². The van der Waals surface area contributed by atoms with E-state index in [0.29, 0.717) is 0 Å². The first-order valence-corrected chi connectivity index (χ1v) is 6.32. The van der Waals surface area contributed by atoms with Gasteiger partial charge in [0.2, 0.25) is 0 Å². The predicted octanol–water partition coefficient (Wildman–Crippen LogP) is 2.74. The molecule has 1 fully saturated rings. The van der Waals surface area contributed by atoms with Crippen molar-refractivity contribution in [2.75, 3.05) is 31.6 Å². The Labute approximate surface area is 98.9 Å². The Hall–Kier alpha value is -1.02. The first-order valence-electron chi connectivity index (χ1n) is 6.32. The van der Waals surface area contributed by atoms with Gasteiger partial charge < -0.3 is 4.90 Å². The third kappa shape index (κ3) is 2.76. The third-order valence-corrected chi connectivity index (χ3v) is 3.46. The van der Waals surface area contributed by atoms with Crippen molar-refractivity contribution in [1.82, 2.24) is 4.90 Å². The van der Waals surface area contributed by atoms with Crippen LogP contribution in [0, 0.1) is 0 Å². The molecule has 0 saturated carbocycles. The molecule has 0 radical (unpaired) electrons. The maximum Gasteiger partial charge on any atom is 0.0363 e. The molecule has 0 spiro atoms. The Balaban J connectivity index is 1.96. The normalized spacial score (nSPS) is 16.6. The predicted molar refractivity (Wildman–Crippen MR) is 69.9 cm³/mol. The lowest BCUT2D eigenvalue weighted by Crippen LogP contribution is -2.19. The van der Waals surface area contributed by atoms with Crippen molar-refractivity contribution in [2.24, 2.45) is 0 Å². The van der Waals surface area contributed by atoms with Crippen molar-refractivity contribution < 1.29 is 0 Å². The quantitative estimate of drug-likeness (QED) is 0.766. The van der Waals surface area contributed by atoms with Crippen molar-refractivity contribution in [3.05, 3.63) is 29.8 Å². The molecule has 88 valence electrons. The van der Waals surface area contributed by atoms with Crippen LogP contribution < -0.4 is 4.90 Å². The monoisotopic (exact) mass is 218 g/mol. The lowest BCUT2D eigenvalue weighted by atomic mass is 10.2. The van der Waals surface area contributed by atoms with Gasteiger partial charge in [0.25, 0.3) is 0 Å². The number of hydrogen-bond acceptors (Lipinski definition) is 2. The lowest BCUT2D eigenvalue weighted by Gasteiger charge is -2.18. The zero-order valence-corrected chi connectivity index (χ0v) is 10.4. The molecule has 2 rings (SSSR count). The van der Waals surface area contributed by atoms with Crippen molar-refractivity contribution >= 4 is 5.69 Å². The standard InChI is InChI=1S/C14H22N2/c1-3-15(2)14-8-6-13(7-9-14)12-16-10-4-5-11-16/h6-9H,3-5,10-12H2,1-2H3. The fourth-order valence-corrected chi connectivity index (χ4v) is 2.24. The smallest absolute Gasteiger partial charge is 0.0363 e. The highest BCUT2D eigenvalue weighted by Gasteiger charge is 2.11. The Kier molecular flexibility index (Phi) is 3.83. The highest BCUT2D eigenvalue weighted by molar-refractivity contribution is 5.46. The molecule has 0 atom stereocenters. The van der Waals surface area contributed by atoms with Crippen LogP contribution in [0.1, 0.15) is 25.3 Å². The van der Waals surface area contributed by atoms with E-state index in [1.54, 1.807) is 0 Å². The van der Waals surface area contributed by atoms with Crippen molar-refractivity contribution in [3.8, 4) is 0 Å². The fourth-order valence-electron chi connectivity index (χ4n) is 2.24. The van der Waals surface area contributed by atoms with Crippen LogP contribution in [0.25, 0.3) is 0 Å². The summed E-state index contributed by atoms with van der Waals surface area (Å²) in [4.78, 5) is 4.80. The van der Waals surface area contributed by atoms with Gasteiger partial charge in [-0.15, -0.1) is 0 Å². The molecule has 1 aromatic rings. The average molecular weight is 218 g/mol. The minimum Gasteiger partial charge on any atom is -0.375 e. The summed E-state index contributed by atoms with van der Waals surface area (Å²) >= 11 is 0. The molecule has 1 heterocycles. The van der Waals surface area contributed by atoms with E-state index >= 15 is 0 Å². The molecule has 0 aromatic heterocycles. The lowest BCUT2D eigenvalue weighted by molar-refractivity contribution is 0.331. The highest BCUT2D eigenvalue weighted by Crippen LogP contribution is 2.16. The van der Waals surface area contributed by atoms with Gasteiger partial charge in [-0.25, -0.2) is 0 Å². The molecule has 0 bridgehead atoms. The molecule has 1 aliphatic heterocycles. The second-order valence-corrected chi connectivity index (χ2v) is 4.66. The van der Waals surface area contributed by atoms with E-state index in [0.717, 1.165) is 13.1 Å². The maximum atomic E-state index is 2.54. The van der Waals surface area contributed by atoms with Gasteiger partial charge in [0.1, 0.15) is 0 Å². The molecule has 1 saturated heterocycles. The number of nitrogens with zero attached hydrogens (tertiary/aromatic N) is 2. The second-order valence-electron chi connectivity index (χ2n) is 4.66. The van der Waals surface area contributed by atoms with Crippen LogP contribution in [0.5, 0.6) is 0 Å².